The highest BCUT2D eigenvalue weighted by Gasteiger charge is 2.25. The molecule has 0 saturated carbocycles. The molecule has 0 radical (unpaired) electrons. The number of carbonyl (C=O) groups is 1. The molecule has 3 heterocycles. The number of hydrogen-bond acceptors (Lipinski definition) is 6. The molecule has 0 unspecified atom stereocenters. The molecule has 1 fully saturated rings. The Morgan fingerprint density at radius 2 is 2.00 bits per heavy atom. The van der Waals surface area contributed by atoms with E-state index in [1.807, 2.05) is 41.8 Å². The fraction of sp³-hybridized carbons (Fsp3) is 0.286. The molecular weight excluding hydrogens is 408 g/mol. The summed E-state index contributed by atoms with van der Waals surface area (Å²) in [7, 11) is 1.62. The maximum absolute atomic E-state index is 13.5. The first kappa shape index (κ1) is 19.7. The highest BCUT2D eigenvalue weighted by Crippen LogP contribution is 2.27. The van der Waals surface area contributed by atoms with Crippen molar-refractivity contribution in [3.05, 3.63) is 63.6 Å². The smallest absolute Gasteiger partial charge is 0.278 e. The molecule has 1 amide bonds. The zero-order valence-electron chi connectivity index (χ0n) is 16.0. The Bertz CT molecular complexity index is 973. The number of carbonyl (C=O) groups excluding carboxylic acids is 1. The normalized spacial score (nSPS) is 13.5. The third kappa shape index (κ3) is 4.36. The number of anilines is 2. The lowest BCUT2D eigenvalue weighted by Crippen LogP contribution is -2.32. The zero-order chi connectivity index (χ0) is 20.2. The molecule has 3 aromatic rings. The molecule has 1 aliphatic heterocycles. The van der Waals surface area contributed by atoms with Gasteiger partial charge in [-0.3, -0.25) is 4.79 Å². The van der Waals surface area contributed by atoms with E-state index in [2.05, 4.69) is 14.9 Å². The molecule has 2 aromatic heterocycles. The van der Waals surface area contributed by atoms with Gasteiger partial charge in [-0.15, -0.1) is 11.3 Å². The number of benzene rings is 1. The van der Waals surface area contributed by atoms with Gasteiger partial charge in [-0.05, 0) is 48.6 Å². The number of hydrogen-bond donors (Lipinski definition) is 0. The number of thiophene rings is 1. The zero-order valence-corrected chi connectivity index (χ0v) is 17.6. The summed E-state index contributed by atoms with van der Waals surface area (Å²) in [5.41, 5.74) is 0.970. The van der Waals surface area contributed by atoms with Crippen LogP contribution in [0.15, 0.2) is 48.0 Å². The second-order valence-electron chi connectivity index (χ2n) is 6.73. The molecular formula is C21H21ClN4O2S. The fourth-order valence-electron chi connectivity index (χ4n) is 3.31. The summed E-state index contributed by atoms with van der Waals surface area (Å²) < 4.78 is 5.24. The molecule has 0 N–H and O–H groups in total. The van der Waals surface area contributed by atoms with Gasteiger partial charge in [0.2, 0.25) is 5.95 Å². The molecule has 0 bridgehead atoms. The van der Waals surface area contributed by atoms with Gasteiger partial charge in [-0.25, -0.2) is 9.97 Å². The van der Waals surface area contributed by atoms with Gasteiger partial charge in [0.05, 0.1) is 24.9 Å². The third-order valence-electron chi connectivity index (χ3n) is 4.85. The van der Waals surface area contributed by atoms with Crippen molar-refractivity contribution in [3.63, 3.8) is 0 Å². The van der Waals surface area contributed by atoms with E-state index in [4.69, 9.17) is 16.3 Å². The van der Waals surface area contributed by atoms with E-state index in [-0.39, 0.29) is 16.6 Å². The first-order valence-electron chi connectivity index (χ1n) is 9.41. The van der Waals surface area contributed by atoms with E-state index in [9.17, 15) is 4.79 Å². The van der Waals surface area contributed by atoms with Crippen LogP contribution in [0.5, 0.6) is 5.75 Å². The number of halogens is 1. The van der Waals surface area contributed by atoms with Crippen LogP contribution in [-0.4, -0.2) is 36.1 Å². The first-order chi connectivity index (χ1) is 14.2. The maximum atomic E-state index is 13.5. The standard InChI is InChI=1S/C21H21ClN4O2S/c1-28-16-8-6-15(7-9-16)26(14-17-5-4-12-29-17)20(27)19-18(22)13-23-21(24-19)25-10-2-3-11-25/h4-9,12-13H,2-3,10-11,14H2,1H3. The minimum atomic E-state index is -0.253. The summed E-state index contributed by atoms with van der Waals surface area (Å²) in [4.78, 5) is 27.2. The van der Waals surface area contributed by atoms with E-state index in [1.54, 1.807) is 23.3 Å². The molecule has 6 nitrogen and oxygen atoms in total. The van der Waals surface area contributed by atoms with Crippen LogP contribution in [0.4, 0.5) is 11.6 Å². The Kier molecular flexibility index (Phi) is 5.97. The highest BCUT2D eigenvalue weighted by molar-refractivity contribution is 7.09. The monoisotopic (exact) mass is 428 g/mol. The summed E-state index contributed by atoms with van der Waals surface area (Å²) in [6.07, 6.45) is 3.73. The van der Waals surface area contributed by atoms with Crippen LogP contribution in [0.25, 0.3) is 0 Å². The lowest BCUT2D eigenvalue weighted by Gasteiger charge is -2.23. The molecule has 4 rings (SSSR count). The SMILES string of the molecule is COc1ccc(N(Cc2cccs2)C(=O)c2nc(N3CCCC3)ncc2Cl)cc1. The molecule has 1 aromatic carbocycles. The Balaban J connectivity index is 1.69. The molecule has 8 heteroatoms. The summed E-state index contributed by atoms with van der Waals surface area (Å²) in [5, 5.41) is 2.25. The van der Waals surface area contributed by atoms with Crippen molar-refractivity contribution in [1.29, 1.82) is 0 Å². The van der Waals surface area contributed by atoms with Gasteiger partial charge in [0.15, 0.2) is 5.69 Å². The van der Waals surface area contributed by atoms with E-state index < -0.39 is 0 Å². The molecule has 0 atom stereocenters. The molecule has 0 spiro atoms. The third-order valence-corrected chi connectivity index (χ3v) is 5.98. The molecule has 0 aliphatic carbocycles. The Labute approximate surface area is 178 Å². The predicted molar refractivity (Wildman–Crippen MR) is 116 cm³/mol. The minimum absolute atomic E-state index is 0.218. The van der Waals surface area contributed by atoms with Gasteiger partial charge in [0, 0.05) is 23.7 Å². The van der Waals surface area contributed by atoms with Gasteiger partial charge in [-0.1, -0.05) is 17.7 Å². The van der Waals surface area contributed by atoms with Crippen molar-refractivity contribution in [1.82, 2.24) is 9.97 Å². The quantitative estimate of drug-likeness (QED) is 0.572. The van der Waals surface area contributed by atoms with Gasteiger partial charge in [-0.2, -0.15) is 0 Å². The highest BCUT2D eigenvalue weighted by atomic mass is 35.5. The number of amides is 1. The van der Waals surface area contributed by atoms with Crippen molar-refractivity contribution in [2.45, 2.75) is 19.4 Å². The van der Waals surface area contributed by atoms with Crippen molar-refractivity contribution in [3.8, 4) is 5.75 Å². The number of aromatic nitrogens is 2. The summed E-state index contributed by atoms with van der Waals surface area (Å²) in [5.74, 6) is 1.03. The van der Waals surface area contributed by atoms with Gasteiger partial charge >= 0.3 is 0 Å². The summed E-state index contributed by atoms with van der Waals surface area (Å²) >= 11 is 7.95. The van der Waals surface area contributed by atoms with Crippen molar-refractivity contribution >= 4 is 40.5 Å². The van der Waals surface area contributed by atoms with Crippen molar-refractivity contribution in [2.75, 3.05) is 30.0 Å². The Morgan fingerprint density at radius 1 is 1.24 bits per heavy atom. The number of nitrogens with zero attached hydrogens (tertiary/aromatic N) is 4. The molecule has 1 saturated heterocycles. The van der Waals surface area contributed by atoms with Crippen LogP contribution in [-0.2, 0) is 6.54 Å². The average molecular weight is 429 g/mol. The largest absolute Gasteiger partial charge is 0.497 e. The van der Waals surface area contributed by atoms with Crippen molar-refractivity contribution in [2.24, 2.45) is 0 Å². The molecule has 29 heavy (non-hydrogen) atoms. The van der Waals surface area contributed by atoms with Crippen LogP contribution in [0.3, 0.4) is 0 Å². The van der Waals surface area contributed by atoms with E-state index in [1.165, 1.54) is 6.20 Å². The average Bonchev–Trinajstić information content (AvgIpc) is 3.46. The Morgan fingerprint density at radius 3 is 2.66 bits per heavy atom. The lowest BCUT2D eigenvalue weighted by atomic mass is 10.2. The van der Waals surface area contributed by atoms with Crippen LogP contribution in [0.2, 0.25) is 5.02 Å². The lowest BCUT2D eigenvalue weighted by molar-refractivity contribution is 0.0980. The number of ether oxygens (including phenoxy) is 1. The Hall–Kier alpha value is -2.64. The second kappa shape index (κ2) is 8.80. The van der Waals surface area contributed by atoms with Crippen LogP contribution in [0.1, 0.15) is 28.2 Å². The van der Waals surface area contributed by atoms with Crippen LogP contribution >= 0.6 is 22.9 Å². The number of rotatable bonds is 6. The fourth-order valence-corrected chi connectivity index (χ4v) is 4.17. The van der Waals surface area contributed by atoms with Gasteiger partial charge in [0.25, 0.3) is 5.91 Å². The van der Waals surface area contributed by atoms with Crippen LogP contribution in [0, 0.1) is 0 Å². The number of methoxy groups -OCH3 is 1. The van der Waals surface area contributed by atoms with Crippen LogP contribution < -0.4 is 14.5 Å². The second-order valence-corrected chi connectivity index (χ2v) is 8.17. The van der Waals surface area contributed by atoms with Gasteiger partial charge in [0.1, 0.15) is 5.75 Å². The maximum Gasteiger partial charge on any atom is 0.278 e. The predicted octanol–water partition coefficient (Wildman–Crippen LogP) is 4.65. The van der Waals surface area contributed by atoms with E-state index in [0.29, 0.717) is 12.5 Å². The molecule has 1 aliphatic rings. The first-order valence-corrected chi connectivity index (χ1v) is 10.7. The van der Waals surface area contributed by atoms with E-state index in [0.717, 1.165) is 42.2 Å². The topological polar surface area (TPSA) is 58.6 Å². The summed E-state index contributed by atoms with van der Waals surface area (Å²) in [6, 6.07) is 11.4. The van der Waals surface area contributed by atoms with E-state index >= 15 is 0 Å². The van der Waals surface area contributed by atoms with Crippen molar-refractivity contribution < 1.29 is 9.53 Å². The summed E-state index contributed by atoms with van der Waals surface area (Å²) in [6.45, 7) is 2.22. The molecule has 150 valence electrons. The minimum Gasteiger partial charge on any atom is -0.497 e. The van der Waals surface area contributed by atoms with Gasteiger partial charge < -0.3 is 14.5 Å².